The van der Waals surface area contributed by atoms with Crippen molar-refractivity contribution in [2.24, 2.45) is 0 Å². The highest BCUT2D eigenvalue weighted by Crippen LogP contribution is 2.31. The number of nitrogens with zero attached hydrogens (tertiary/aromatic N) is 2. The monoisotopic (exact) mass is 357 g/mol. The van der Waals surface area contributed by atoms with Crippen LogP contribution in [0.2, 0.25) is 0 Å². The average Bonchev–Trinajstić information content (AvgIpc) is 2.45. The van der Waals surface area contributed by atoms with Gasteiger partial charge in [0.25, 0.3) is 0 Å². The van der Waals surface area contributed by atoms with Crippen molar-refractivity contribution in [3.05, 3.63) is 35.9 Å². The zero-order chi connectivity index (χ0) is 17.9. The molecule has 24 heavy (non-hydrogen) atoms. The first-order valence-corrected chi connectivity index (χ1v) is 7.58. The first-order chi connectivity index (χ1) is 11.1. The second-order valence-corrected chi connectivity index (χ2v) is 6.14. The summed E-state index contributed by atoms with van der Waals surface area (Å²) >= 11 is 0.993. The first-order valence-electron chi connectivity index (χ1n) is 6.70. The maximum atomic E-state index is 12.7. The molecule has 0 saturated heterocycles. The Kier molecular flexibility index (Phi) is 5.17. The van der Waals surface area contributed by atoms with Crippen molar-refractivity contribution in [3.8, 4) is 0 Å². The fourth-order valence-electron chi connectivity index (χ4n) is 1.74. The number of nitrogens with one attached hydrogen (secondary N) is 1. The van der Waals surface area contributed by atoms with E-state index >= 15 is 0 Å². The maximum absolute atomic E-state index is 12.7. The molecule has 0 spiro atoms. The lowest BCUT2D eigenvalue weighted by Crippen LogP contribution is -2.23. The number of carbonyl (C=O) groups excluding carboxylic acids is 1. The molecule has 0 bridgehead atoms. The summed E-state index contributed by atoms with van der Waals surface area (Å²) in [6, 6.07) is 5.76. The van der Waals surface area contributed by atoms with E-state index in [1.54, 1.807) is 6.92 Å². The van der Waals surface area contributed by atoms with Crippen LogP contribution in [0.15, 0.2) is 35.5 Å². The highest BCUT2D eigenvalue weighted by atomic mass is 32.2. The Labute approximate surface area is 139 Å². The minimum absolute atomic E-state index is 0.0512. The Balaban J connectivity index is 2.06. The summed E-state index contributed by atoms with van der Waals surface area (Å²) in [5.74, 6) is -0.171. The number of benzene rings is 1. The maximum Gasteiger partial charge on any atom is 0.416 e. The molecule has 1 heterocycles. The van der Waals surface area contributed by atoms with Gasteiger partial charge >= 0.3 is 6.18 Å². The van der Waals surface area contributed by atoms with Crippen LogP contribution in [-0.2, 0) is 11.0 Å². The lowest BCUT2D eigenvalue weighted by atomic mass is 10.2. The number of aromatic nitrogens is 2. The van der Waals surface area contributed by atoms with E-state index in [1.807, 2.05) is 0 Å². The number of carbonyl (C=O) groups is 1. The van der Waals surface area contributed by atoms with Crippen LogP contribution in [0.4, 0.5) is 30.5 Å². The number of alkyl halides is 3. The lowest BCUT2D eigenvalue weighted by Gasteiger charge is -2.13. The molecule has 0 aliphatic heterocycles. The fraction of sp³-hybridized carbons (Fsp3) is 0.214. The summed E-state index contributed by atoms with van der Waals surface area (Å²) in [6.45, 7) is 1.57. The Morgan fingerprint density at radius 1 is 1.21 bits per heavy atom. The van der Waals surface area contributed by atoms with Gasteiger partial charge in [-0.2, -0.15) is 13.2 Å². The Morgan fingerprint density at radius 2 is 1.83 bits per heavy atom. The zero-order valence-electron chi connectivity index (χ0n) is 12.5. The molecule has 0 fully saturated rings. The van der Waals surface area contributed by atoms with Crippen LogP contribution in [0, 0.1) is 0 Å². The summed E-state index contributed by atoms with van der Waals surface area (Å²) in [6.07, 6.45) is -4.48. The molecule has 0 unspecified atom stereocenters. The van der Waals surface area contributed by atoms with Gasteiger partial charge in [0, 0.05) is 11.8 Å². The van der Waals surface area contributed by atoms with Crippen molar-refractivity contribution in [2.45, 2.75) is 23.5 Å². The van der Waals surface area contributed by atoms with Crippen molar-refractivity contribution in [3.63, 3.8) is 0 Å². The van der Waals surface area contributed by atoms with Crippen LogP contribution in [0.3, 0.4) is 0 Å². The van der Waals surface area contributed by atoms with Gasteiger partial charge in [-0.05, 0) is 25.1 Å². The largest absolute Gasteiger partial charge is 0.416 e. The van der Waals surface area contributed by atoms with Crippen molar-refractivity contribution in [1.29, 1.82) is 0 Å². The molecular weight excluding hydrogens is 343 g/mol. The molecule has 0 saturated carbocycles. The quantitative estimate of drug-likeness (QED) is 0.574. The number of thioether (sulfide) groups is 1. The van der Waals surface area contributed by atoms with Crippen molar-refractivity contribution < 1.29 is 18.0 Å². The van der Waals surface area contributed by atoms with Crippen LogP contribution in [0.25, 0.3) is 0 Å². The molecule has 1 aromatic carbocycles. The predicted octanol–water partition coefficient (Wildman–Crippen LogP) is 2.78. The summed E-state index contributed by atoms with van der Waals surface area (Å²) < 4.78 is 38.0. The van der Waals surface area contributed by atoms with Gasteiger partial charge in [-0.1, -0.05) is 17.8 Å². The Hall–Kier alpha value is -2.49. The molecule has 2 aromatic rings. The van der Waals surface area contributed by atoms with Crippen LogP contribution in [0.1, 0.15) is 12.5 Å². The van der Waals surface area contributed by atoms with E-state index in [1.165, 1.54) is 18.2 Å². The van der Waals surface area contributed by atoms with Gasteiger partial charge < -0.3 is 16.8 Å². The summed E-state index contributed by atoms with van der Waals surface area (Å²) in [5, 5.41) is 1.97. The first kappa shape index (κ1) is 17.9. The Bertz CT molecular complexity index is 733. The average molecular weight is 357 g/mol. The third kappa shape index (κ3) is 4.75. The third-order valence-electron chi connectivity index (χ3n) is 2.85. The van der Waals surface area contributed by atoms with E-state index in [-0.39, 0.29) is 22.5 Å². The number of halogens is 3. The lowest BCUT2D eigenvalue weighted by molar-refractivity contribution is -0.137. The molecule has 0 aliphatic rings. The van der Waals surface area contributed by atoms with Gasteiger partial charge in [0.15, 0.2) is 5.16 Å². The van der Waals surface area contributed by atoms with Gasteiger partial charge in [-0.25, -0.2) is 9.97 Å². The molecule has 0 radical (unpaired) electrons. The van der Waals surface area contributed by atoms with Gasteiger partial charge in [0.05, 0.1) is 10.8 Å². The van der Waals surface area contributed by atoms with E-state index in [0.717, 1.165) is 23.9 Å². The van der Waals surface area contributed by atoms with Crippen molar-refractivity contribution in [2.75, 3.05) is 16.8 Å². The molecule has 10 heteroatoms. The van der Waals surface area contributed by atoms with E-state index in [0.29, 0.717) is 0 Å². The molecule has 6 nitrogen and oxygen atoms in total. The number of amides is 1. The number of nitrogen functional groups attached to an aromatic ring is 2. The zero-order valence-corrected chi connectivity index (χ0v) is 13.3. The van der Waals surface area contributed by atoms with Crippen LogP contribution >= 0.6 is 11.8 Å². The van der Waals surface area contributed by atoms with Gasteiger partial charge in [0.1, 0.15) is 11.6 Å². The second kappa shape index (κ2) is 6.95. The van der Waals surface area contributed by atoms with Crippen molar-refractivity contribution >= 4 is 35.0 Å². The summed E-state index contributed by atoms with van der Waals surface area (Å²) in [5.41, 5.74) is 10.3. The molecule has 1 aromatic heterocycles. The number of rotatable bonds is 4. The molecule has 1 amide bonds. The highest BCUT2D eigenvalue weighted by molar-refractivity contribution is 8.00. The number of nitrogens with two attached hydrogens (primary N) is 2. The van der Waals surface area contributed by atoms with Crippen molar-refractivity contribution in [1.82, 2.24) is 9.97 Å². The third-order valence-corrected chi connectivity index (χ3v) is 3.82. The number of anilines is 3. The molecule has 128 valence electrons. The van der Waals surface area contributed by atoms with Crippen LogP contribution in [0.5, 0.6) is 0 Å². The SMILES string of the molecule is C[C@H](Sc1nc(N)cc(N)n1)C(=O)Nc1cccc(C(F)(F)F)c1. The van der Waals surface area contributed by atoms with Crippen LogP contribution < -0.4 is 16.8 Å². The van der Waals surface area contributed by atoms with E-state index in [4.69, 9.17) is 11.5 Å². The minimum Gasteiger partial charge on any atom is -0.383 e. The minimum atomic E-state index is -4.48. The summed E-state index contributed by atoms with van der Waals surface area (Å²) in [4.78, 5) is 20.0. The fourth-order valence-corrected chi connectivity index (χ4v) is 2.54. The number of hydrogen-bond acceptors (Lipinski definition) is 6. The van der Waals surface area contributed by atoms with Gasteiger partial charge in [0.2, 0.25) is 5.91 Å². The Morgan fingerprint density at radius 3 is 2.42 bits per heavy atom. The van der Waals surface area contributed by atoms with Gasteiger partial charge in [-0.3, -0.25) is 4.79 Å². The topological polar surface area (TPSA) is 107 Å². The van der Waals surface area contributed by atoms with E-state index < -0.39 is 22.9 Å². The van der Waals surface area contributed by atoms with E-state index in [2.05, 4.69) is 15.3 Å². The highest BCUT2D eigenvalue weighted by Gasteiger charge is 2.30. The molecule has 5 N–H and O–H groups in total. The van der Waals surface area contributed by atoms with Gasteiger partial charge in [-0.15, -0.1) is 0 Å². The predicted molar refractivity (Wildman–Crippen MR) is 86.2 cm³/mol. The smallest absolute Gasteiger partial charge is 0.383 e. The molecular formula is C14H14F3N5OS. The second-order valence-electron chi connectivity index (χ2n) is 4.83. The molecule has 2 rings (SSSR count). The number of hydrogen-bond donors (Lipinski definition) is 3. The summed E-state index contributed by atoms with van der Waals surface area (Å²) in [7, 11) is 0. The molecule has 0 aliphatic carbocycles. The standard InChI is InChI=1S/C14H14F3N5OS/c1-7(24-13-21-10(18)6-11(19)22-13)12(23)20-9-4-2-3-8(5-9)14(15,16)17/h2-7H,1H3,(H,20,23)(H4,18,19,21,22)/t7-/m0/s1. The normalized spacial score (nSPS) is 12.7. The molecule has 1 atom stereocenters. The van der Waals surface area contributed by atoms with Crippen LogP contribution in [-0.4, -0.2) is 21.1 Å². The van der Waals surface area contributed by atoms with E-state index in [9.17, 15) is 18.0 Å².